The summed E-state index contributed by atoms with van der Waals surface area (Å²) in [6.07, 6.45) is 6.60. The number of nitrogens with zero attached hydrogens (tertiary/aromatic N) is 4. The van der Waals surface area contributed by atoms with Gasteiger partial charge in [-0.2, -0.15) is 5.26 Å². The Bertz CT molecular complexity index is 2460. The quantitative estimate of drug-likeness (QED) is 0.175. The van der Waals surface area contributed by atoms with Crippen LogP contribution in [0.5, 0.6) is 0 Å². The molecule has 0 saturated heterocycles. The van der Waals surface area contributed by atoms with Crippen molar-refractivity contribution in [1.82, 2.24) is 15.0 Å². The third kappa shape index (κ3) is 6.53. The molecule has 0 amide bonds. The number of benzene rings is 6. The van der Waals surface area contributed by atoms with Gasteiger partial charge in [0.15, 0.2) is 17.5 Å². The lowest BCUT2D eigenvalue weighted by Gasteiger charge is -2.50. The van der Waals surface area contributed by atoms with Crippen molar-refractivity contribution in [2.45, 2.75) is 51.4 Å². The maximum absolute atomic E-state index is 9.48. The van der Waals surface area contributed by atoms with Gasteiger partial charge in [-0.3, -0.25) is 0 Å². The van der Waals surface area contributed by atoms with Gasteiger partial charge in [-0.05, 0) is 130 Å². The first kappa shape index (κ1) is 33.0. The Balaban J connectivity index is 1.18. The van der Waals surface area contributed by atoms with Crippen LogP contribution in [0.25, 0.3) is 67.2 Å². The van der Waals surface area contributed by atoms with Crippen molar-refractivity contribution in [2.24, 2.45) is 17.8 Å². The standard InChI is InChI=1S/C49H42N4/c1-32-22-35-23-33(2)29-49(28-32,30-35)45-20-18-39(19-21-45)47-51-46(38-9-4-3-5-10-38)52-48(53-47)44-26-42(37-14-12-34(31-50)13-15-37)25-43(27-44)41-17-16-36-8-6-7-11-40(36)24-41/h3-21,24-27,32-33,35H,22-23,28-30H2,1-2H3/t32-,33+,35?,49?. The third-order valence-corrected chi connectivity index (χ3v) is 11.7. The Morgan fingerprint density at radius 1 is 0.491 bits per heavy atom. The second-order valence-electron chi connectivity index (χ2n) is 15.7. The number of rotatable bonds is 6. The molecule has 0 N–H and O–H groups in total. The summed E-state index contributed by atoms with van der Waals surface area (Å²) in [7, 11) is 0. The second-order valence-corrected chi connectivity index (χ2v) is 15.7. The first-order valence-corrected chi connectivity index (χ1v) is 19.0. The average molecular weight is 687 g/mol. The van der Waals surface area contributed by atoms with Gasteiger partial charge in [0.25, 0.3) is 0 Å². The van der Waals surface area contributed by atoms with E-state index in [1.54, 1.807) is 0 Å². The van der Waals surface area contributed by atoms with Gasteiger partial charge in [-0.25, -0.2) is 15.0 Å². The molecule has 1 aromatic heterocycles. The second kappa shape index (κ2) is 13.6. The summed E-state index contributed by atoms with van der Waals surface area (Å²) in [4.78, 5) is 15.4. The smallest absolute Gasteiger partial charge is 0.164 e. The number of hydrogen-bond donors (Lipinski definition) is 0. The highest BCUT2D eigenvalue weighted by atomic mass is 15.0. The molecule has 0 radical (unpaired) electrons. The summed E-state index contributed by atoms with van der Waals surface area (Å²) in [5.41, 5.74) is 9.46. The molecule has 2 aliphatic rings. The van der Waals surface area contributed by atoms with Crippen LogP contribution in [-0.2, 0) is 5.41 Å². The lowest BCUT2D eigenvalue weighted by atomic mass is 9.54. The van der Waals surface area contributed by atoms with E-state index in [4.69, 9.17) is 15.0 Å². The highest BCUT2D eigenvalue weighted by Gasteiger charge is 2.45. The molecule has 258 valence electrons. The van der Waals surface area contributed by atoms with Crippen molar-refractivity contribution in [3.05, 3.63) is 151 Å². The molecular weight excluding hydrogens is 645 g/mol. The van der Waals surface area contributed by atoms with Gasteiger partial charge in [-0.15, -0.1) is 0 Å². The highest BCUT2D eigenvalue weighted by Crippen LogP contribution is 2.54. The summed E-state index contributed by atoms with van der Waals surface area (Å²) in [5.74, 6) is 4.30. The lowest BCUT2D eigenvalue weighted by molar-refractivity contribution is 0.0780. The van der Waals surface area contributed by atoms with Crippen LogP contribution < -0.4 is 0 Å². The molecule has 0 spiro atoms. The maximum Gasteiger partial charge on any atom is 0.164 e. The van der Waals surface area contributed by atoms with Crippen LogP contribution in [0.1, 0.15) is 57.1 Å². The zero-order valence-electron chi connectivity index (χ0n) is 30.3. The summed E-state index contributed by atoms with van der Waals surface area (Å²) < 4.78 is 0. The van der Waals surface area contributed by atoms with Crippen LogP contribution in [0.15, 0.2) is 140 Å². The Morgan fingerprint density at radius 3 is 1.68 bits per heavy atom. The van der Waals surface area contributed by atoms with Gasteiger partial charge in [0.2, 0.25) is 0 Å². The monoisotopic (exact) mass is 686 g/mol. The van der Waals surface area contributed by atoms with Crippen LogP contribution in [-0.4, -0.2) is 15.0 Å². The molecule has 4 nitrogen and oxygen atoms in total. The number of nitriles is 1. The van der Waals surface area contributed by atoms with Crippen molar-refractivity contribution in [3.63, 3.8) is 0 Å². The molecule has 2 aliphatic carbocycles. The van der Waals surface area contributed by atoms with E-state index in [9.17, 15) is 5.26 Å². The molecule has 6 aromatic carbocycles. The number of fused-ring (bicyclic) bond motifs is 3. The Labute approximate surface area is 312 Å². The molecule has 2 unspecified atom stereocenters. The van der Waals surface area contributed by atoms with Crippen molar-refractivity contribution in [2.75, 3.05) is 0 Å². The first-order chi connectivity index (χ1) is 25.9. The Morgan fingerprint density at radius 2 is 1.02 bits per heavy atom. The molecule has 4 atom stereocenters. The van der Waals surface area contributed by atoms with Crippen LogP contribution in [0.4, 0.5) is 0 Å². The number of hydrogen-bond acceptors (Lipinski definition) is 4. The van der Waals surface area contributed by atoms with E-state index in [2.05, 4.69) is 117 Å². The van der Waals surface area contributed by atoms with Crippen LogP contribution >= 0.6 is 0 Å². The van der Waals surface area contributed by atoms with Crippen molar-refractivity contribution >= 4 is 10.8 Å². The first-order valence-electron chi connectivity index (χ1n) is 19.0. The van der Waals surface area contributed by atoms with E-state index in [0.717, 1.165) is 56.7 Å². The molecule has 2 fully saturated rings. The van der Waals surface area contributed by atoms with Crippen molar-refractivity contribution in [3.8, 4) is 62.5 Å². The topological polar surface area (TPSA) is 62.5 Å². The average Bonchev–Trinajstić information content (AvgIpc) is 3.20. The highest BCUT2D eigenvalue weighted by molar-refractivity contribution is 5.89. The molecular formula is C49H42N4. The molecule has 2 saturated carbocycles. The normalized spacial score (nSPS) is 20.9. The summed E-state index contributed by atoms with van der Waals surface area (Å²) in [6, 6.07) is 51.0. The van der Waals surface area contributed by atoms with Crippen LogP contribution in [0, 0.1) is 29.1 Å². The van der Waals surface area contributed by atoms with E-state index in [-0.39, 0.29) is 5.41 Å². The van der Waals surface area contributed by atoms with E-state index in [1.807, 2.05) is 42.5 Å². The summed E-state index contributed by atoms with van der Waals surface area (Å²) >= 11 is 0. The maximum atomic E-state index is 9.48. The predicted molar refractivity (Wildman–Crippen MR) is 216 cm³/mol. The van der Waals surface area contributed by atoms with Crippen molar-refractivity contribution in [1.29, 1.82) is 5.26 Å². The van der Waals surface area contributed by atoms with Gasteiger partial charge in [0.05, 0.1) is 11.6 Å². The Hall–Kier alpha value is -5.92. The third-order valence-electron chi connectivity index (χ3n) is 11.7. The summed E-state index contributed by atoms with van der Waals surface area (Å²) in [6.45, 7) is 4.90. The van der Waals surface area contributed by atoms with Crippen LogP contribution in [0.2, 0.25) is 0 Å². The SMILES string of the molecule is C[C@@H]1CC2C[C@H](C)CC(c3ccc(-c4nc(-c5ccccc5)nc(-c5cc(-c6ccc(C#N)cc6)cc(-c6ccc7ccccc7c6)c5)n4)cc3)(C2)C1. The minimum Gasteiger partial charge on any atom is -0.208 e. The molecule has 1 heterocycles. The Kier molecular flexibility index (Phi) is 8.43. The minimum atomic E-state index is 0.267. The summed E-state index contributed by atoms with van der Waals surface area (Å²) in [5, 5.41) is 11.9. The van der Waals surface area contributed by atoms with E-state index in [1.165, 1.54) is 48.4 Å². The lowest BCUT2D eigenvalue weighted by Crippen LogP contribution is -2.42. The molecule has 9 rings (SSSR count). The molecule has 7 aromatic rings. The predicted octanol–water partition coefficient (Wildman–Crippen LogP) is 12.3. The van der Waals surface area contributed by atoms with Gasteiger partial charge in [0, 0.05) is 16.7 Å². The molecule has 2 bridgehead atoms. The fourth-order valence-corrected chi connectivity index (χ4v) is 9.58. The number of aromatic nitrogens is 3. The molecule has 4 heteroatoms. The van der Waals surface area contributed by atoms with Crippen molar-refractivity contribution < 1.29 is 0 Å². The van der Waals surface area contributed by atoms with Gasteiger partial charge < -0.3 is 0 Å². The van der Waals surface area contributed by atoms with E-state index >= 15 is 0 Å². The molecule has 0 aliphatic heterocycles. The largest absolute Gasteiger partial charge is 0.208 e. The molecule has 53 heavy (non-hydrogen) atoms. The van der Waals surface area contributed by atoms with E-state index in [0.29, 0.717) is 23.0 Å². The van der Waals surface area contributed by atoms with Crippen LogP contribution in [0.3, 0.4) is 0 Å². The fourth-order valence-electron chi connectivity index (χ4n) is 9.58. The van der Waals surface area contributed by atoms with Gasteiger partial charge >= 0.3 is 0 Å². The minimum absolute atomic E-state index is 0.267. The van der Waals surface area contributed by atoms with Gasteiger partial charge in [-0.1, -0.05) is 117 Å². The zero-order chi connectivity index (χ0) is 35.9. The zero-order valence-corrected chi connectivity index (χ0v) is 30.3. The fraction of sp³-hybridized carbons (Fsp3) is 0.224. The van der Waals surface area contributed by atoms with Gasteiger partial charge in [0.1, 0.15) is 0 Å². The van der Waals surface area contributed by atoms with E-state index < -0.39 is 0 Å².